The van der Waals surface area contributed by atoms with Crippen molar-refractivity contribution in [3.8, 4) is 0 Å². The molecule has 0 spiro atoms. The van der Waals surface area contributed by atoms with Gasteiger partial charge in [-0.15, -0.1) is 6.58 Å². The van der Waals surface area contributed by atoms with Crippen LogP contribution in [-0.2, 0) is 14.3 Å². The molecular weight excluding hydrogens is 192 g/mol. The zero-order valence-corrected chi connectivity index (χ0v) is 9.83. The Morgan fingerprint density at radius 1 is 1.53 bits per heavy atom. The maximum absolute atomic E-state index is 11.1. The van der Waals surface area contributed by atoms with Crippen molar-refractivity contribution in [2.45, 2.75) is 32.6 Å². The molecule has 0 heterocycles. The first kappa shape index (κ1) is 14.2. The molecular formula is C12H22O3. The Kier molecular flexibility index (Phi) is 9.18. The predicted molar refractivity (Wildman–Crippen MR) is 60.7 cm³/mol. The second-order valence-corrected chi connectivity index (χ2v) is 3.60. The third kappa shape index (κ3) is 8.18. The number of rotatable bonds is 9. The molecule has 0 aromatic heterocycles. The molecule has 0 saturated heterocycles. The van der Waals surface area contributed by atoms with Crippen LogP contribution in [0.4, 0.5) is 0 Å². The number of unbranched alkanes of at least 4 members (excludes halogenated alkanes) is 1. The van der Waals surface area contributed by atoms with Crippen LogP contribution in [-0.4, -0.2) is 26.3 Å². The molecule has 3 nitrogen and oxygen atoms in total. The summed E-state index contributed by atoms with van der Waals surface area (Å²) < 4.78 is 10.1. The highest BCUT2D eigenvalue weighted by Crippen LogP contribution is 2.11. The number of hydrogen-bond acceptors (Lipinski definition) is 3. The fourth-order valence-corrected chi connectivity index (χ4v) is 1.26. The second kappa shape index (κ2) is 9.71. The summed E-state index contributed by atoms with van der Waals surface area (Å²) in [6.07, 6.45) is 5.22. The van der Waals surface area contributed by atoms with Gasteiger partial charge in [0.25, 0.3) is 0 Å². The number of carbonyl (C=O) groups is 1. The van der Waals surface area contributed by atoms with Gasteiger partial charge in [0, 0.05) is 6.61 Å². The van der Waals surface area contributed by atoms with E-state index in [1.54, 1.807) is 0 Å². The van der Waals surface area contributed by atoms with Crippen molar-refractivity contribution in [3.05, 3.63) is 12.7 Å². The molecule has 3 heteroatoms. The Balaban J connectivity index is 3.72. The van der Waals surface area contributed by atoms with Gasteiger partial charge in [0.15, 0.2) is 0 Å². The van der Waals surface area contributed by atoms with Crippen LogP contribution < -0.4 is 0 Å². The standard InChI is InChI=1S/C12H22O3/c1-4-6-8-15-10-11(7-5-2)9-12(13)14-3/h5,11H,2,4,6-10H2,1,3H3. The van der Waals surface area contributed by atoms with E-state index in [0.29, 0.717) is 13.0 Å². The first-order chi connectivity index (χ1) is 7.24. The Morgan fingerprint density at radius 2 is 2.27 bits per heavy atom. The van der Waals surface area contributed by atoms with Gasteiger partial charge in [-0.05, 0) is 18.8 Å². The summed E-state index contributed by atoms with van der Waals surface area (Å²) in [6, 6.07) is 0. The Morgan fingerprint density at radius 3 is 2.80 bits per heavy atom. The van der Waals surface area contributed by atoms with Gasteiger partial charge in [-0.1, -0.05) is 19.4 Å². The molecule has 0 radical (unpaired) electrons. The van der Waals surface area contributed by atoms with E-state index in [0.717, 1.165) is 25.9 Å². The topological polar surface area (TPSA) is 35.5 Å². The van der Waals surface area contributed by atoms with Crippen molar-refractivity contribution in [3.63, 3.8) is 0 Å². The smallest absolute Gasteiger partial charge is 0.305 e. The third-order valence-electron chi connectivity index (χ3n) is 2.18. The second-order valence-electron chi connectivity index (χ2n) is 3.60. The first-order valence-corrected chi connectivity index (χ1v) is 5.50. The normalized spacial score (nSPS) is 12.1. The van der Waals surface area contributed by atoms with Crippen molar-refractivity contribution >= 4 is 5.97 Å². The highest BCUT2D eigenvalue weighted by atomic mass is 16.5. The number of methoxy groups -OCH3 is 1. The van der Waals surface area contributed by atoms with E-state index in [2.05, 4.69) is 18.2 Å². The van der Waals surface area contributed by atoms with E-state index < -0.39 is 0 Å². The Labute approximate surface area is 92.5 Å². The van der Waals surface area contributed by atoms with E-state index in [4.69, 9.17) is 4.74 Å². The quantitative estimate of drug-likeness (QED) is 0.336. The molecule has 0 saturated carbocycles. The van der Waals surface area contributed by atoms with E-state index >= 15 is 0 Å². The summed E-state index contributed by atoms with van der Waals surface area (Å²) in [5.41, 5.74) is 0. The van der Waals surface area contributed by atoms with Gasteiger partial charge in [-0.2, -0.15) is 0 Å². The summed E-state index contributed by atoms with van der Waals surface area (Å²) >= 11 is 0. The number of esters is 1. The van der Waals surface area contributed by atoms with Crippen LogP contribution in [0.25, 0.3) is 0 Å². The molecule has 1 atom stereocenters. The molecule has 0 aliphatic carbocycles. The molecule has 15 heavy (non-hydrogen) atoms. The largest absolute Gasteiger partial charge is 0.469 e. The maximum atomic E-state index is 11.1. The lowest BCUT2D eigenvalue weighted by molar-refractivity contribution is -0.142. The van der Waals surface area contributed by atoms with Crippen LogP contribution in [0.15, 0.2) is 12.7 Å². The lowest BCUT2D eigenvalue weighted by Gasteiger charge is -2.13. The Bertz CT molecular complexity index is 178. The van der Waals surface area contributed by atoms with E-state index in [-0.39, 0.29) is 11.9 Å². The summed E-state index contributed by atoms with van der Waals surface area (Å²) in [6.45, 7) is 7.18. The molecule has 0 fully saturated rings. The number of carbonyl (C=O) groups excluding carboxylic acids is 1. The summed E-state index contributed by atoms with van der Waals surface area (Å²) in [5, 5.41) is 0. The molecule has 1 unspecified atom stereocenters. The van der Waals surface area contributed by atoms with Crippen LogP contribution in [0.1, 0.15) is 32.6 Å². The molecule has 0 aliphatic rings. The van der Waals surface area contributed by atoms with Crippen LogP contribution in [0, 0.1) is 5.92 Å². The van der Waals surface area contributed by atoms with Gasteiger partial charge >= 0.3 is 5.97 Å². The minimum Gasteiger partial charge on any atom is -0.469 e. The SMILES string of the molecule is C=CCC(COCCCC)CC(=O)OC. The van der Waals surface area contributed by atoms with Crippen LogP contribution in [0.3, 0.4) is 0 Å². The average molecular weight is 214 g/mol. The van der Waals surface area contributed by atoms with E-state index in [9.17, 15) is 4.79 Å². The third-order valence-corrected chi connectivity index (χ3v) is 2.18. The van der Waals surface area contributed by atoms with Gasteiger partial charge in [0.05, 0.1) is 20.1 Å². The van der Waals surface area contributed by atoms with Gasteiger partial charge < -0.3 is 9.47 Å². The Hall–Kier alpha value is -0.830. The molecule has 88 valence electrons. The van der Waals surface area contributed by atoms with E-state index in [1.807, 2.05) is 6.08 Å². The molecule has 0 aromatic carbocycles. The zero-order chi connectivity index (χ0) is 11.5. The molecule has 0 bridgehead atoms. The van der Waals surface area contributed by atoms with Crippen molar-refractivity contribution < 1.29 is 14.3 Å². The average Bonchev–Trinajstić information content (AvgIpc) is 2.24. The van der Waals surface area contributed by atoms with E-state index in [1.165, 1.54) is 7.11 Å². The molecule has 0 aliphatic heterocycles. The van der Waals surface area contributed by atoms with Crippen molar-refractivity contribution in [2.75, 3.05) is 20.3 Å². The van der Waals surface area contributed by atoms with Gasteiger partial charge in [0.1, 0.15) is 0 Å². The van der Waals surface area contributed by atoms with Crippen LogP contribution in [0.2, 0.25) is 0 Å². The highest BCUT2D eigenvalue weighted by molar-refractivity contribution is 5.69. The van der Waals surface area contributed by atoms with Crippen molar-refractivity contribution in [1.82, 2.24) is 0 Å². The summed E-state index contributed by atoms with van der Waals surface area (Å²) in [5.74, 6) is 0.0211. The van der Waals surface area contributed by atoms with Gasteiger partial charge in [-0.3, -0.25) is 4.79 Å². The predicted octanol–water partition coefficient (Wildman–Crippen LogP) is 2.56. The molecule has 0 N–H and O–H groups in total. The lowest BCUT2D eigenvalue weighted by Crippen LogP contribution is -2.15. The summed E-state index contributed by atoms with van der Waals surface area (Å²) in [7, 11) is 1.41. The van der Waals surface area contributed by atoms with Gasteiger partial charge in [-0.25, -0.2) is 0 Å². The number of ether oxygens (including phenoxy) is 2. The lowest BCUT2D eigenvalue weighted by atomic mass is 10.0. The van der Waals surface area contributed by atoms with Crippen LogP contribution in [0.5, 0.6) is 0 Å². The fourth-order valence-electron chi connectivity index (χ4n) is 1.26. The maximum Gasteiger partial charge on any atom is 0.305 e. The first-order valence-electron chi connectivity index (χ1n) is 5.50. The fraction of sp³-hybridized carbons (Fsp3) is 0.750. The molecule has 0 rings (SSSR count). The monoisotopic (exact) mass is 214 g/mol. The van der Waals surface area contributed by atoms with Gasteiger partial charge in [0.2, 0.25) is 0 Å². The molecule has 0 aromatic rings. The zero-order valence-electron chi connectivity index (χ0n) is 9.83. The van der Waals surface area contributed by atoms with Crippen molar-refractivity contribution in [1.29, 1.82) is 0 Å². The minimum absolute atomic E-state index is 0.180. The molecule has 0 amide bonds. The number of hydrogen-bond donors (Lipinski definition) is 0. The summed E-state index contributed by atoms with van der Waals surface area (Å²) in [4.78, 5) is 11.1. The van der Waals surface area contributed by atoms with Crippen molar-refractivity contribution in [2.24, 2.45) is 5.92 Å². The highest BCUT2D eigenvalue weighted by Gasteiger charge is 2.12. The minimum atomic E-state index is -0.180. The van der Waals surface area contributed by atoms with Crippen LogP contribution >= 0.6 is 0 Å². The number of allylic oxidation sites excluding steroid dienone is 1.